The highest BCUT2D eigenvalue weighted by molar-refractivity contribution is 5.66. The van der Waals surface area contributed by atoms with Gasteiger partial charge in [-0.3, -0.25) is 0 Å². The number of nitrogens with zero attached hydrogens (tertiary/aromatic N) is 2. The fraction of sp³-hybridized carbons (Fsp3) is 0.722. The van der Waals surface area contributed by atoms with Crippen molar-refractivity contribution in [3.63, 3.8) is 0 Å². The predicted octanol–water partition coefficient (Wildman–Crippen LogP) is 4.31. The number of hydrogen-bond donors (Lipinski definition) is 1. The lowest BCUT2D eigenvalue weighted by Crippen LogP contribution is -2.29. The molecule has 1 saturated heterocycles. The van der Waals surface area contributed by atoms with Crippen LogP contribution in [0.5, 0.6) is 0 Å². The normalized spacial score (nSPS) is 26.3. The number of hydrogen-bond acceptors (Lipinski definition) is 3. The second-order valence-electron chi connectivity index (χ2n) is 7.07. The molecule has 3 rings (SSSR count). The molecule has 1 aromatic heterocycles. The maximum atomic E-state index is 4.63. The van der Waals surface area contributed by atoms with E-state index in [4.69, 9.17) is 0 Å². The fourth-order valence-corrected chi connectivity index (χ4v) is 3.84. The molecule has 2 fully saturated rings. The Hall–Kier alpha value is -1.25. The van der Waals surface area contributed by atoms with Crippen LogP contribution in [0.15, 0.2) is 18.3 Å². The predicted molar refractivity (Wildman–Crippen MR) is 89.9 cm³/mol. The number of rotatable bonds is 4. The number of anilines is 2. The monoisotopic (exact) mass is 287 g/mol. The van der Waals surface area contributed by atoms with Crippen molar-refractivity contribution in [1.82, 2.24) is 4.98 Å². The van der Waals surface area contributed by atoms with Gasteiger partial charge in [0.15, 0.2) is 5.82 Å². The molecule has 3 heteroatoms. The van der Waals surface area contributed by atoms with Gasteiger partial charge in [0, 0.05) is 25.3 Å². The molecule has 0 unspecified atom stereocenters. The Bertz CT molecular complexity index is 444. The highest BCUT2D eigenvalue weighted by atomic mass is 15.2. The van der Waals surface area contributed by atoms with Gasteiger partial charge >= 0.3 is 0 Å². The van der Waals surface area contributed by atoms with Crippen LogP contribution in [0.2, 0.25) is 0 Å². The lowest BCUT2D eigenvalue weighted by molar-refractivity contribution is 0.267. The maximum absolute atomic E-state index is 4.63. The van der Waals surface area contributed by atoms with E-state index in [9.17, 15) is 0 Å². The van der Waals surface area contributed by atoms with Crippen molar-refractivity contribution < 1.29 is 0 Å². The summed E-state index contributed by atoms with van der Waals surface area (Å²) in [4.78, 5) is 7.07. The SMILES string of the molecule is CC(C)C1CCC(Nc2cccnc2N2CCCC2)CC1. The highest BCUT2D eigenvalue weighted by Gasteiger charge is 2.24. The van der Waals surface area contributed by atoms with E-state index in [2.05, 4.69) is 41.2 Å². The molecule has 0 radical (unpaired) electrons. The van der Waals surface area contributed by atoms with Crippen LogP contribution < -0.4 is 10.2 Å². The van der Waals surface area contributed by atoms with Gasteiger partial charge in [-0.15, -0.1) is 0 Å². The van der Waals surface area contributed by atoms with Gasteiger partial charge in [-0.25, -0.2) is 4.98 Å². The van der Waals surface area contributed by atoms with Crippen LogP contribution in [0.4, 0.5) is 11.5 Å². The summed E-state index contributed by atoms with van der Waals surface area (Å²) in [5.74, 6) is 2.93. The first-order valence-electron chi connectivity index (χ1n) is 8.70. The van der Waals surface area contributed by atoms with E-state index >= 15 is 0 Å². The number of pyridine rings is 1. The molecule has 1 aromatic rings. The molecular formula is C18H29N3. The van der Waals surface area contributed by atoms with Gasteiger partial charge in [0.1, 0.15) is 0 Å². The molecule has 3 nitrogen and oxygen atoms in total. The van der Waals surface area contributed by atoms with Crippen LogP contribution in [-0.4, -0.2) is 24.1 Å². The minimum Gasteiger partial charge on any atom is -0.379 e. The summed E-state index contributed by atoms with van der Waals surface area (Å²) in [5, 5.41) is 3.78. The van der Waals surface area contributed by atoms with Crippen LogP contribution in [0.3, 0.4) is 0 Å². The molecule has 1 N–H and O–H groups in total. The fourth-order valence-electron chi connectivity index (χ4n) is 3.84. The lowest BCUT2D eigenvalue weighted by Gasteiger charge is -2.32. The molecule has 2 heterocycles. The van der Waals surface area contributed by atoms with Crippen LogP contribution >= 0.6 is 0 Å². The summed E-state index contributed by atoms with van der Waals surface area (Å²) in [6.07, 6.45) is 9.87. The number of aromatic nitrogens is 1. The third-order valence-electron chi connectivity index (χ3n) is 5.27. The minimum atomic E-state index is 0.630. The third-order valence-corrected chi connectivity index (χ3v) is 5.27. The van der Waals surface area contributed by atoms with Crippen molar-refractivity contribution in [3.8, 4) is 0 Å². The molecular weight excluding hydrogens is 258 g/mol. The quantitative estimate of drug-likeness (QED) is 0.894. The van der Waals surface area contributed by atoms with E-state index < -0.39 is 0 Å². The standard InChI is InChI=1S/C18H29N3/c1-14(2)15-7-9-16(10-8-15)20-17-6-5-11-19-18(17)21-12-3-4-13-21/h5-6,11,14-16,20H,3-4,7-10,12-13H2,1-2H3. The summed E-state index contributed by atoms with van der Waals surface area (Å²) in [7, 11) is 0. The summed E-state index contributed by atoms with van der Waals surface area (Å²) < 4.78 is 0. The van der Waals surface area contributed by atoms with Gasteiger partial charge in [0.25, 0.3) is 0 Å². The van der Waals surface area contributed by atoms with Gasteiger partial charge in [0.05, 0.1) is 5.69 Å². The Balaban J connectivity index is 1.63. The summed E-state index contributed by atoms with van der Waals surface area (Å²) >= 11 is 0. The summed E-state index contributed by atoms with van der Waals surface area (Å²) in [5.41, 5.74) is 1.24. The Morgan fingerprint density at radius 2 is 1.86 bits per heavy atom. The first kappa shape index (κ1) is 14.7. The van der Waals surface area contributed by atoms with E-state index in [-0.39, 0.29) is 0 Å². The van der Waals surface area contributed by atoms with Gasteiger partial charge < -0.3 is 10.2 Å². The zero-order chi connectivity index (χ0) is 14.7. The Labute approximate surface area is 129 Å². The molecule has 1 aliphatic carbocycles. The van der Waals surface area contributed by atoms with E-state index in [1.54, 1.807) is 0 Å². The zero-order valence-electron chi connectivity index (χ0n) is 13.5. The molecule has 0 aromatic carbocycles. The molecule has 1 aliphatic heterocycles. The van der Waals surface area contributed by atoms with Gasteiger partial charge in [-0.05, 0) is 62.5 Å². The molecule has 116 valence electrons. The molecule has 21 heavy (non-hydrogen) atoms. The van der Waals surface area contributed by atoms with Crippen molar-refractivity contribution in [3.05, 3.63) is 18.3 Å². The Kier molecular flexibility index (Phi) is 4.67. The van der Waals surface area contributed by atoms with Gasteiger partial charge in [-0.2, -0.15) is 0 Å². The molecule has 0 amide bonds. The average Bonchev–Trinajstić information content (AvgIpc) is 3.02. The van der Waals surface area contributed by atoms with Gasteiger partial charge in [0.2, 0.25) is 0 Å². The van der Waals surface area contributed by atoms with E-state index in [0.29, 0.717) is 6.04 Å². The van der Waals surface area contributed by atoms with Crippen molar-refractivity contribution in [2.45, 2.75) is 58.4 Å². The first-order valence-corrected chi connectivity index (χ1v) is 8.70. The molecule has 0 bridgehead atoms. The topological polar surface area (TPSA) is 28.2 Å². The Morgan fingerprint density at radius 3 is 2.52 bits per heavy atom. The van der Waals surface area contributed by atoms with Crippen molar-refractivity contribution in [2.24, 2.45) is 11.8 Å². The van der Waals surface area contributed by atoms with Crippen molar-refractivity contribution in [2.75, 3.05) is 23.3 Å². The van der Waals surface area contributed by atoms with Crippen molar-refractivity contribution in [1.29, 1.82) is 0 Å². The van der Waals surface area contributed by atoms with E-state index in [1.165, 1.54) is 50.0 Å². The molecule has 0 spiro atoms. The van der Waals surface area contributed by atoms with Crippen LogP contribution in [0.25, 0.3) is 0 Å². The zero-order valence-corrected chi connectivity index (χ0v) is 13.5. The van der Waals surface area contributed by atoms with Crippen LogP contribution in [0.1, 0.15) is 52.4 Å². The lowest BCUT2D eigenvalue weighted by atomic mass is 9.79. The highest BCUT2D eigenvalue weighted by Crippen LogP contribution is 2.33. The van der Waals surface area contributed by atoms with Gasteiger partial charge in [-0.1, -0.05) is 13.8 Å². The van der Waals surface area contributed by atoms with Crippen molar-refractivity contribution >= 4 is 11.5 Å². The molecule has 1 saturated carbocycles. The second kappa shape index (κ2) is 6.67. The number of nitrogens with one attached hydrogen (secondary N) is 1. The first-order chi connectivity index (χ1) is 10.2. The van der Waals surface area contributed by atoms with Crippen LogP contribution in [-0.2, 0) is 0 Å². The smallest absolute Gasteiger partial charge is 0.151 e. The molecule has 2 aliphatic rings. The average molecular weight is 287 g/mol. The maximum Gasteiger partial charge on any atom is 0.151 e. The summed E-state index contributed by atoms with van der Waals surface area (Å²) in [6.45, 7) is 7.05. The second-order valence-corrected chi connectivity index (χ2v) is 7.07. The van der Waals surface area contributed by atoms with E-state index in [0.717, 1.165) is 24.9 Å². The minimum absolute atomic E-state index is 0.630. The largest absolute Gasteiger partial charge is 0.379 e. The van der Waals surface area contributed by atoms with Crippen LogP contribution in [0, 0.1) is 11.8 Å². The Morgan fingerprint density at radius 1 is 1.14 bits per heavy atom. The summed E-state index contributed by atoms with van der Waals surface area (Å²) in [6, 6.07) is 4.89. The third kappa shape index (κ3) is 3.50. The van der Waals surface area contributed by atoms with E-state index in [1.807, 2.05) is 6.20 Å². The molecule has 0 atom stereocenters.